The predicted molar refractivity (Wildman–Crippen MR) is 145 cm³/mol. The Balaban J connectivity index is 0. The van der Waals surface area contributed by atoms with E-state index in [2.05, 4.69) is 39.9 Å². The van der Waals surface area contributed by atoms with Gasteiger partial charge in [-0.3, -0.25) is 0 Å². The third-order valence-electron chi connectivity index (χ3n) is 5.54. The Kier molecular flexibility index (Phi) is 26.1. The molecule has 0 bridgehead atoms. The van der Waals surface area contributed by atoms with Crippen LogP contribution in [-0.4, -0.2) is 63.7 Å². The molecule has 0 fully saturated rings. The standard InChI is InChI=1S/2C8H10O4.4C3H4N2.2Co/c2*9-7(10)5-3-1-2-4-6(5)8(11)12;4*1-2-5-3-4-1;;/h2*1-4H2,(H,9,10)(H,11,12);4*1-3H,(H,4,5);;/q;;;;;;2*+2/p-4. The van der Waals surface area contributed by atoms with Gasteiger partial charge in [0.1, 0.15) is 0 Å². The fourth-order valence-corrected chi connectivity index (χ4v) is 3.57. The van der Waals surface area contributed by atoms with E-state index in [9.17, 15) is 39.6 Å². The van der Waals surface area contributed by atoms with E-state index < -0.39 is 23.9 Å². The SMILES string of the molecule is O=C([O-])C1=C(C(=O)[O-])CCCC1.O=C([O-])C1=C(C(=O)[O-])CCCC1.[Co+2].[Co+2].c1c[nH]cn1.c1c[nH]cn1.c1c[nH]cn1.c1c[nH]cn1. The Morgan fingerprint density at radius 1 is 0.435 bits per heavy atom. The van der Waals surface area contributed by atoms with E-state index in [-0.39, 0.29) is 81.5 Å². The van der Waals surface area contributed by atoms with Gasteiger partial charge < -0.3 is 59.5 Å². The average Bonchev–Trinajstić information content (AvgIpc) is 3.88. The number of rotatable bonds is 4. The number of carboxylic acids is 4. The first-order valence-corrected chi connectivity index (χ1v) is 13.3. The molecule has 2 aliphatic carbocycles. The number of nitrogens with zero attached hydrogens (tertiary/aromatic N) is 4. The van der Waals surface area contributed by atoms with Crippen molar-refractivity contribution >= 4 is 23.9 Å². The van der Waals surface area contributed by atoms with E-state index in [1.165, 1.54) is 0 Å². The second kappa shape index (κ2) is 27.7. The number of nitrogens with one attached hydrogen (secondary N) is 4. The van der Waals surface area contributed by atoms with Crippen molar-refractivity contribution in [1.29, 1.82) is 0 Å². The minimum Gasteiger partial charge on any atom is -0.545 e. The molecule has 0 aromatic carbocycles. The number of imidazole rings is 4. The number of H-pyrrole nitrogens is 4. The summed E-state index contributed by atoms with van der Waals surface area (Å²) in [5.74, 6) is -5.52. The van der Waals surface area contributed by atoms with E-state index >= 15 is 0 Å². The molecular weight excluding hydrogens is 694 g/mol. The Labute approximate surface area is 284 Å². The fourth-order valence-electron chi connectivity index (χ4n) is 3.57. The van der Waals surface area contributed by atoms with Crippen molar-refractivity contribution in [3.05, 3.63) is 97.2 Å². The molecule has 46 heavy (non-hydrogen) atoms. The summed E-state index contributed by atoms with van der Waals surface area (Å²) < 4.78 is 0. The van der Waals surface area contributed by atoms with Crippen molar-refractivity contribution in [2.24, 2.45) is 0 Å². The molecule has 2 radical (unpaired) electrons. The third-order valence-corrected chi connectivity index (χ3v) is 5.54. The summed E-state index contributed by atoms with van der Waals surface area (Å²) in [6, 6.07) is 0. The maximum Gasteiger partial charge on any atom is 2.00 e. The second-order valence-corrected chi connectivity index (χ2v) is 8.52. The van der Waals surface area contributed by atoms with E-state index in [0.29, 0.717) is 25.7 Å². The van der Waals surface area contributed by atoms with Crippen LogP contribution in [0.25, 0.3) is 0 Å². The number of hydrogen-bond acceptors (Lipinski definition) is 12. The van der Waals surface area contributed by atoms with Crippen LogP contribution in [0.5, 0.6) is 0 Å². The zero-order valence-corrected chi connectivity index (χ0v) is 26.4. The first kappa shape index (κ1) is 43.3. The molecule has 2 aliphatic rings. The smallest absolute Gasteiger partial charge is 0.545 e. The fraction of sp³-hybridized carbons (Fsp3) is 0.286. The van der Waals surface area contributed by atoms with Crippen LogP contribution in [0.4, 0.5) is 0 Å². The summed E-state index contributed by atoms with van der Waals surface area (Å²) in [5.41, 5.74) is -0.384. The predicted octanol–water partition coefficient (Wildman–Crippen LogP) is -1.65. The Hall–Kier alpha value is -4.79. The first-order valence-electron chi connectivity index (χ1n) is 13.3. The van der Waals surface area contributed by atoms with Crippen molar-refractivity contribution in [2.45, 2.75) is 51.4 Å². The molecule has 250 valence electrons. The van der Waals surface area contributed by atoms with Crippen molar-refractivity contribution in [3.8, 4) is 0 Å². The third kappa shape index (κ3) is 20.2. The first-order chi connectivity index (χ1) is 21.3. The molecule has 0 unspecified atom stereocenters. The quantitative estimate of drug-likeness (QED) is 0.184. The number of carbonyl (C=O) groups is 4. The number of carbonyl (C=O) groups excluding carboxylic acids is 4. The maximum absolute atomic E-state index is 10.4. The van der Waals surface area contributed by atoms with Crippen LogP contribution in [0.15, 0.2) is 97.2 Å². The molecule has 0 spiro atoms. The van der Waals surface area contributed by atoms with Crippen LogP contribution in [0.3, 0.4) is 0 Å². The van der Waals surface area contributed by atoms with Gasteiger partial charge in [-0.25, -0.2) is 19.9 Å². The second-order valence-electron chi connectivity index (χ2n) is 8.52. The molecule has 4 N–H and O–H groups in total. The Morgan fingerprint density at radius 3 is 0.717 bits per heavy atom. The summed E-state index contributed by atoms with van der Waals surface area (Å²) in [7, 11) is 0. The number of aliphatic carboxylic acids is 4. The number of aromatic nitrogens is 8. The zero-order chi connectivity index (χ0) is 32.4. The summed E-state index contributed by atoms with van der Waals surface area (Å²) in [4.78, 5) is 67.3. The van der Waals surface area contributed by atoms with Crippen molar-refractivity contribution in [1.82, 2.24) is 39.9 Å². The molecule has 18 heteroatoms. The molecule has 6 rings (SSSR count). The van der Waals surface area contributed by atoms with Gasteiger partial charge in [0.15, 0.2) is 0 Å². The van der Waals surface area contributed by atoms with Gasteiger partial charge in [-0.15, -0.1) is 0 Å². The van der Waals surface area contributed by atoms with Crippen LogP contribution < -0.4 is 20.4 Å². The van der Waals surface area contributed by atoms with Crippen molar-refractivity contribution in [3.63, 3.8) is 0 Å². The van der Waals surface area contributed by atoms with E-state index in [1.807, 2.05) is 0 Å². The van der Waals surface area contributed by atoms with Crippen LogP contribution in [-0.2, 0) is 52.7 Å². The molecule has 0 saturated carbocycles. The van der Waals surface area contributed by atoms with Crippen LogP contribution in [0, 0.1) is 0 Å². The Bertz CT molecular complexity index is 1100. The van der Waals surface area contributed by atoms with Gasteiger partial charge in [0.2, 0.25) is 0 Å². The minimum atomic E-state index is -1.38. The molecule has 16 nitrogen and oxygen atoms in total. The largest absolute Gasteiger partial charge is 2.00 e. The van der Waals surface area contributed by atoms with Gasteiger partial charge in [0, 0.05) is 49.6 Å². The molecule has 0 atom stereocenters. The van der Waals surface area contributed by atoms with Gasteiger partial charge in [0.25, 0.3) is 0 Å². The number of aromatic amines is 4. The average molecular weight is 726 g/mol. The van der Waals surface area contributed by atoms with Crippen LogP contribution in [0.2, 0.25) is 0 Å². The van der Waals surface area contributed by atoms with Gasteiger partial charge >= 0.3 is 33.6 Å². The van der Waals surface area contributed by atoms with Gasteiger partial charge in [-0.1, -0.05) is 0 Å². The van der Waals surface area contributed by atoms with Crippen LogP contribution >= 0.6 is 0 Å². The summed E-state index contributed by atoms with van der Waals surface area (Å²) in [5, 5.41) is 41.6. The molecule has 0 aliphatic heterocycles. The maximum atomic E-state index is 10.4. The van der Waals surface area contributed by atoms with Crippen molar-refractivity contribution < 1.29 is 73.2 Å². The minimum absolute atomic E-state index is 0. The molecule has 4 heterocycles. The summed E-state index contributed by atoms with van der Waals surface area (Å²) in [6.45, 7) is 0. The van der Waals surface area contributed by atoms with Gasteiger partial charge in [-0.2, -0.15) is 0 Å². The number of hydrogen-bond donors (Lipinski definition) is 4. The van der Waals surface area contributed by atoms with E-state index in [4.69, 9.17) is 0 Å². The van der Waals surface area contributed by atoms with Gasteiger partial charge in [-0.05, 0) is 73.7 Å². The molecular formula is C28H32Co2N8O8. The van der Waals surface area contributed by atoms with E-state index in [1.54, 1.807) is 74.9 Å². The number of carboxylic acid groups (broad SMARTS) is 4. The molecule has 4 aromatic rings. The molecule has 4 aromatic heterocycles. The topological polar surface area (TPSA) is 275 Å². The van der Waals surface area contributed by atoms with E-state index in [0.717, 1.165) is 0 Å². The summed E-state index contributed by atoms with van der Waals surface area (Å²) >= 11 is 0. The van der Waals surface area contributed by atoms with Crippen molar-refractivity contribution in [2.75, 3.05) is 0 Å². The normalized spacial score (nSPS) is 12.7. The molecule has 0 amide bonds. The molecule has 0 saturated heterocycles. The monoisotopic (exact) mass is 726 g/mol. The van der Waals surface area contributed by atoms with Crippen LogP contribution in [0.1, 0.15) is 51.4 Å². The summed E-state index contributed by atoms with van der Waals surface area (Å²) in [6.07, 6.45) is 24.3. The Morgan fingerprint density at radius 2 is 0.630 bits per heavy atom. The van der Waals surface area contributed by atoms with Gasteiger partial charge in [0.05, 0.1) is 49.2 Å². The zero-order valence-electron chi connectivity index (χ0n) is 24.3.